The Labute approximate surface area is 74.4 Å². The third-order valence-corrected chi connectivity index (χ3v) is 1.89. The number of nitrogen functional groups attached to an aromatic ring is 1. The summed E-state index contributed by atoms with van der Waals surface area (Å²) in [5, 5.41) is 1.03. The minimum absolute atomic E-state index is 0.397. The van der Waals surface area contributed by atoms with E-state index in [4.69, 9.17) is 17.3 Å². The highest BCUT2D eigenvalue weighted by atomic mass is 35.5. The first-order chi connectivity index (χ1) is 5.22. The van der Waals surface area contributed by atoms with E-state index in [0.717, 1.165) is 5.75 Å². The minimum Gasteiger partial charge on any atom is -0.384 e. The fraction of sp³-hybridized carbons (Fsp3) is 0.333. The lowest BCUT2D eigenvalue weighted by Crippen LogP contribution is -1.94. The largest absolute Gasteiger partial charge is 0.384 e. The van der Waals surface area contributed by atoms with Gasteiger partial charge in [0.1, 0.15) is 11.0 Å². The molecule has 0 saturated heterocycles. The summed E-state index contributed by atoms with van der Waals surface area (Å²) >= 11 is 7.16. The lowest BCUT2D eigenvalue weighted by molar-refractivity contribution is 0.977. The maximum atomic E-state index is 5.64. The van der Waals surface area contributed by atoms with Gasteiger partial charge in [-0.2, -0.15) is 0 Å². The second kappa shape index (κ2) is 3.78. The quantitative estimate of drug-likeness (QED) is 0.438. The van der Waals surface area contributed by atoms with E-state index in [1.807, 2.05) is 6.92 Å². The van der Waals surface area contributed by atoms with Crippen molar-refractivity contribution in [1.29, 1.82) is 0 Å². The van der Waals surface area contributed by atoms with Gasteiger partial charge in [-0.15, -0.1) is 0 Å². The smallest absolute Gasteiger partial charge is 0.190 e. The van der Waals surface area contributed by atoms with Gasteiger partial charge in [-0.05, 0) is 5.75 Å². The number of rotatable bonds is 2. The van der Waals surface area contributed by atoms with Gasteiger partial charge < -0.3 is 5.73 Å². The fourth-order valence-corrected chi connectivity index (χ4v) is 1.44. The first-order valence-corrected chi connectivity index (χ1v) is 4.51. The zero-order valence-electron chi connectivity index (χ0n) is 6.04. The Morgan fingerprint density at radius 1 is 1.64 bits per heavy atom. The molecule has 0 bridgehead atoms. The summed E-state index contributed by atoms with van der Waals surface area (Å²) in [4.78, 5) is 7.93. The third-order valence-electron chi connectivity index (χ3n) is 0.968. The summed E-state index contributed by atoms with van der Waals surface area (Å²) in [5.74, 6) is 1.33. The van der Waals surface area contributed by atoms with Crippen molar-refractivity contribution in [3.8, 4) is 0 Å². The number of aromatic nitrogens is 2. The van der Waals surface area contributed by atoms with Gasteiger partial charge in [0, 0.05) is 6.07 Å². The molecule has 0 fully saturated rings. The van der Waals surface area contributed by atoms with Crippen molar-refractivity contribution < 1.29 is 0 Å². The van der Waals surface area contributed by atoms with E-state index in [2.05, 4.69) is 9.97 Å². The molecule has 11 heavy (non-hydrogen) atoms. The van der Waals surface area contributed by atoms with Crippen LogP contribution in [0.2, 0.25) is 5.15 Å². The van der Waals surface area contributed by atoms with Gasteiger partial charge in [0.15, 0.2) is 5.16 Å². The molecule has 0 unspecified atom stereocenters. The molecule has 0 saturated carbocycles. The predicted octanol–water partition coefficient (Wildman–Crippen LogP) is 1.82. The summed E-state index contributed by atoms with van der Waals surface area (Å²) < 4.78 is 0. The first-order valence-electron chi connectivity index (χ1n) is 3.15. The van der Waals surface area contributed by atoms with Crippen LogP contribution in [0.15, 0.2) is 11.2 Å². The normalized spacial score (nSPS) is 10.0. The van der Waals surface area contributed by atoms with Gasteiger partial charge in [0.25, 0.3) is 0 Å². The van der Waals surface area contributed by atoms with Crippen molar-refractivity contribution in [1.82, 2.24) is 9.97 Å². The summed E-state index contributed by atoms with van der Waals surface area (Å²) in [7, 11) is 0. The summed E-state index contributed by atoms with van der Waals surface area (Å²) in [5.41, 5.74) is 5.44. The lowest BCUT2D eigenvalue weighted by atomic mass is 10.6. The molecule has 0 aliphatic carbocycles. The zero-order valence-corrected chi connectivity index (χ0v) is 7.61. The highest BCUT2D eigenvalue weighted by Gasteiger charge is 1.99. The molecule has 1 rings (SSSR count). The number of anilines is 1. The number of nitrogens with two attached hydrogens (primary N) is 1. The summed E-state index contributed by atoms with van der Waals surface area (Å²) in [6, 6.07) is 1.53. The summed E-state index contributed by atoms with van der Waals surface area (Å²) in [6.07, 6.45) is 0. The van der Waals surface area contributed by atoms with Crippen LogP contribution in [0.3, 0.4) is 0 Å². The first kappa shape index (κ1) is 8.62. The molecule has 0 spiro atoms. The second-order valence-electron chi connectivity index (χ2n) is 1.83. The number of nitrogens with zero attached hydrogens (tertiary/aromatic N) is 2. The Hall–Kier alpha value is -0.480. The van der Waals surface area contributed by atoms with E-state index in [0.29, 0.717) is 16.1 Å². The molecule has 0 amide bonds. The van der Waals surface area contributed by atoms with Gasteiger partial charge >= 0.3 is 0 Å². The van der Waals surface area contributed by atoms with Crippen molar-refractivity contribution in [3.05, 3.63) is 11.2 Å². The van der Waals surface area contributed by atoms with Crippen LogP contribution in [-0.2, 0) is 0 Å². The van der Waals surface area contributed by atoms with Crippen LogP contribution in [0.25, 0.3) is 0 Å². The molecule has 0 atom stereocenters. The van der Waals surface area contributed by atoms with Gasteiger partial charge in [-0.3, -0.25) is 0 Å². The van der Waals surface area contributed by atoms with Gasteiger partial charge in [0.2, 0.25) is 0 Å². The topological polar surface area (TPSA) is 51.8 Å². The van der Waals surface area contributed by atoms with Crippen LogP contribution in [-0.4, -0.2) is 15.7 Å². The number of hydrogen-bond acceptors (Lipinski definition) is 4. The highest BCUT2D eigenvalue weighted by molar-refractivity contribution is 7.99. The van der Waals surface area contributed by atoms with Crippen LogP contribution in [0, 0.1) is 0 Å². The lowest BCUT2D eigenvalue weighted by Gasteiger charge is -1.98. The van der Waals surface area contributed by atoms with Gasteiger partial charge in [0.05, 0.1) is 0 Å². The molecule has 1 aromatic rings. The molecule has 5 heteroatoms. The molecular weight excluding hydrogens is 182 g/mol. The second-order valence-corrected chi connectivity index (χ2v) is 3.45. The van der Waals surface area contributed by atoms with Crippen LogP contribution in [0.5, 0.6) is 0 Å². The van der Waals surface area contributed by atoms with Crippen molar-refractivity contribution >= 4 is 29.2 Å². The molecule has 2 N–H and O–H groups in total. The number of halogens is 1. The summed E-state index contributed by atoms with van der Waals surface area (Å²) in [6.45, 7) is 2.02. The van der Waals surface area contributed by atoms with E-state index in [9.17, 15) is 0 Å². The molecule has 0 aliphatic heterocycles. The molecular formula is C6H8ClN3S. The average molecular weight is 190 g/mol. The molecule has 0 radical (unpaired) electrons. The van der Waals surface area contributed by atoms with E-state index < -0.39 is 0 Å². The number of thioether (sulfide) groups is 1. The maximum Gasteiger partial charge on any atom is 0.190 e. The zero-order chi connectivity index (χ0) is 8.27. The van der Waals surface area contributed by atoms with Gasteiger partial charge in [-0.25, -0.2) is 9.97 Å². The average Bonchev–Trinajstić information content (AvgIpc) is 1.85. The minimum atomic E-state index is 0.397. The van der Waals surface area contributed by atoms with Crippen LogP contribution in [0.1, 0.15) is 6.92 Å². The third kappa shape index (κ3) is 2.55. The van der Waals surface area contributed by atoms with Gasteiger partial charge in [-0.1, -0.05) is 30.3 Å². The maximum absolute atomic E-state index is 5.64. The van der Waals surface area contributed by atoms with Crippen LogP contribution in [0.4, 0.5) is 5.82 Å². The van der Waals surface area contributed by atoms with Crippen molar-refractivity contribution in [3.63, 3.8) is 0 Å². The Kier molecular flexibility index (Phi) is 2.96. The van der Waals surface area contributed by atoms with Crippen molar-refractivity contribution in [2.24, 2.45) is 0 Å². The van der Waals surface area contributed by atoms with Crippen LogP contribution < -0.4 is 5.73 Å². The monoisotopic (exact) mass is 189 g/mol. The molecule has 0 aromatic carbocycles. The van der Waals surface area contributed by atoms with E-state index in [-0.39, 0.29) is 0 Å². The fourth-order valence-electron chi connectivity index (χ4n) is 0.607. The Morgan fingerprint density at radius 2 is 2.36 bits per heavy atom. The van der Waals surface area contributed by atoms with E-state index in [1.54, 1.807) is 0 Å². The Balaban J connectivity index is 2.89. The highest BCUT2D eigenvalue weighted by Crippen LogP contribution is 2.16. The van der Waals surface area contributed by atoms with Crippen LogP contribution >= 0.6 is 23.4 Å². The standard InChI is InChI=1S/C6H8ClN3S/c1-2-11-6-9-4(7)3-5(8)10-6/h3H,2H2,1H3,(H2,8,9,10). The SMILES string of the molecule is CCSc1nc(N)cc(Cl)n1. The van der Waals surface area contributed by atoms with Crippen molar-refractivity contribution in [2.45, 2.75) is 12.1 Å². The Bertz CT molecular complexity index is 233. The molecule has 1 heterocycles. The predicted molar refractivity (Wildman–Crippen MR) is 47.9 cm³/mol. The van der Waals surface area contributed by atoms with E-state index in [1.165, 1.54) is 17.8 Å². The molecule has 0 aliphatic rings. The molecule has 60 valence electrons. The number of hydrogen-bond donors (Lipinski definition) is 1. The Morgan fingerprint density at radius 3 is 2.91 bits per heavy atom. The van der Waals surface area contributed by atoms with E-state index >= 15 is 0 Å². The molecule has 3 nitrogen and oxygen atoms in total. The molecule has 1 aromatic heterocycles. The van der Waals surface area contributed by atoms with Crippen molar-refractivity contribution in [2.75, 3.05) is 11.5 Å².